The van der Waals surface area contributed by atoms with E-state index in [1.165, 1.54) is 12.1 Å². The van der Waals surface area contributed by atoms with Gasteiger partial charge < -0.3 is 10.1 Å². The van der Waals surface area contributed by atoms with Gasteiger partial charge in [-0.25, -0.2) is 18.2 Å². The molecule has 0 unspecified atom stereocenters. The predicted octanol–water partition coefficient (Wildman–Crippen LogP) is 5.60. The fourth-order valence-electron chi connectivity index (χ4n) is 3.91. The highest BCUT2D eigenvalue weighted by molar-refractivity contribution is 5.48. The number of hydrogen-bond acceptors (Lipinski definition) is 4. The molecule has 3 aromatic rings. The van der Waals surface area contributed by atoms with Crippen LogP contribution in [-0.2, 0) is 6.42 Å². The lowest BCUT2D eigenvalue weighted by atomic mass is 9.89. The monoisotopic (exact) mass is 441 g/mol. The number of anilines is 1. The van der Waals surface area contributed by atoms with Gasteiger partial charge in [0.1, 0.15) is 17.3 Å². The minimum absolute atomic E-state index is 0.228. The van der Waals surface area contributed by atoms with Crippen LogP contribution >= 0.6 is 0 Å². The average Bonchev–Trinajstić information content (AvgIpc) is 2.79. The van der Waals surface area contributed by atoms with Gasteiger partial charge in [-0.3, -0.25) is 5.84 Å². The second-order valence-electron chi connectivity index (χ2n) is 8.05. The first-order chi connectivity index (χ1) is 15.5. The summed E-state index contributed by atoms with van der Waals surface area (Å²) in [5.74, 6) is 4.86. The van der Waals surface area contributed by atoms with Gasteiger partial charge in [0.25, 0.3) is 0 Å². The summed E-state index contributed by atoms with van der Waals surface area (Å²) < 4.78 is 46.2. The zero-order valence-electron chi connectivity index (χ0n) is 17.7. The maximum Gasteiger partial charge on any atom is 0.162 e. The number of rotatable bonds is 7. The van der Waals surface area contributed by atoms with Gasteiger partial charge in [-0.2, -0.15) is 0 Å². The van der Waals surface area contributed by atoms with E-state index in [1.807, 2.05) is 29.3 Å². The predicted molar refractivity (Wildman–Crippen MR) is 119 cm³/mol. The van der Waals surface area contributed by atoms with E-state index in [2.05, 4.69) is 5.32 Å². The molecule has 1 fully saturated rings. The van der Waals surface area contributed by atoms with Gasteiger partial charge in [-0.1, -0.05) is 18.2 Å². The number of nitrogens with one attached hydrogen (secondary N) is 1. The van der Waals surface area contributed by atoms with E-state index in [-0.39, 0.29) is 11.6 Å². The number of nitrogens with zero attached hydrogens (tertiary/aromatic N) is 1. The molecule has 1 aliphatic rings. The van der Waals surface area contributed by atoms with Crippen LogP contribution in [0.2, 0.25) is 0 Å². The van der Waals surface area contributed by atoms with E-state index in [4.69, 9.17) is 10.6 Å². The molecule has 1 saturated heterocycles. The van der Waals surface area contributed by atoms with Crippen molar-refractivity contribution in [3.63, 3.8) is 0 Å². The van der Waals surface area contributed by atoms with E-state index in [0.29, 0.717) is 30.3 Å². The number of benzene rings is 3. The molecule has 7 heteroatoms. The molecule has 3 N–H and O–H groups in total. The van der Waals surface area contributed by atoms with Crippen LogP contribution in [0.25, 0.3) is 0 Å². The zero-order valence-corrected chi connectivity index (χ0v) is 17.7. The molecule has 168 valence electrons. The van der Waals surface area contributed by atoms with E-state index in [0.717, 1.165) is 49.2 Å². The number of piperidine rings is 1. The highest BCUT2D eigenvalue weighted by Gasteiger charge is 2.19. The number of hydrogen-bond donors (Lipinski definition) is 2. The third kappa shape index (κ3) is 5.60. The maximum atomic E-state index is 14.3. The first-order valence-electron chi connectivity index (χ1n) is 10.7. The van der Waals surface area contributed by atoms with Crippen molar-refractivity contribution in [1.82, 2.24) is 5.01 Å². The Balaban J connectivity index is 1.31. The van der Waals surface area contributed by atoms with Gasteiger partial charge in [0.2, 0.25) is 0 Å². The van der Waals surface area contributed by atoms with Gasteiger partial charge in [0, 0.05) is 25.7 Å². The van der Waals surface area contributed by atoms with Crippen molar-refractivity contribution in [1.29, 1.82) is 0 Å². The third-order valence-electron chi connectivity index (χ3n) is 5.77. The van der Waals surface area contributed by atoms with E-state index in [9.17, 15) is 13.2 Å². The lowest BCUT2D eigenvalue weighted by Gasteiger charge is -2.29. The normalized spacial score (nSPS) is 15.0. The molecule has 0 spiro atoms. The van der Waals surface area contributed by atoms with Crippen LogP contribution < -0.4 is 15.9 Å². The quantitative estimate of drug-likeness (QED) is 0.469. The van der Waals surface area contributed by atoms with Crippen LogP contribution in [0.3, 0.4) is 0 Å². The molecule has 4 rings (SSSR count). The Morgan fingerprint density at radius 2 is 1.53 bits per heavy atom. The molecular formula is C25H26F3N3O. The topological polar surface area (TPSA) is 50.5 Å². The Morgan fingerprint density at radius 3 is 2.25 bits per heavy atom. The van der Waals surface area contributed by atoms with Gasteiger partial charge in [-0.05, 0) is 72.7 Å². The van der Waals surface area contributed by atoms with E-state index >= 15 is 0 Å². The molecular weight excluding hydrogens is 415 g/mol. The third-order valence-corrected chi connectivity index (χ3v) is 5.77. The Labute approximate surface area is 185 Å². The van der Waals surface area contributed by atoms with Gasteiger partial charge >= 0.3 is 0 Å². The Hall–Kier alpha value is -3.03. The van der Waals surface area contributed by atoms with Gasteiger partial charge in [0.15, 0.2) is 11.6 Å². The van der Waals surface area contributed by atoms with Crippen LogP contribution in [0.4, 0.5) is 18.9 Å². The summed E-state index contributed by atoms with van der Waals surface area (Å²) in [4.78, 5) is 0. The van der Waals surface area contributed by atoms with Crippen molar-refractivity contribution in [3.8, 4) is 11.5 Å². The lowest BCUT2D eigenvalue weighted by molar-refractivity contribution is 0.217. The summed E-state index contributed by atoms with van der Waals surface area (Å²) in [5.41, 5.74) is 2.69. The zero-order chi connectivity index (χ0) is 22.5. The van der Waals surface area contributed by atoms with Crippen molar-refractivity contribution in [2.24, 2.45) is 5.84 Å². The summed E-state index contributed by atoms with van der Waals surface area (Å²) >= 11 is 0. The molecule has 1 heterocycles. The lowest BCUT2D eigenvalue weighted by Crippen LogP contribution is -2.38. The molecule has 32 heavy (non-hydrogen) atoms. The standard InChI is InChI=1S/C25H26F3N3O/c26-22-8-6-21(16-24(22)28)32-20-4-1-17(2-5-20)9-12-30-25-15-19(3-7-23(25)27)18-10-13-31(29)14-11-18/h1-8,15-16,18,30H,9-14,29H2. The van der Waals surface area contributed by atoms with Crippen LogP contribution in [0.5, 0.6) is 11.5 Å². The second-order valence-corrected chi connectivity index (χ2v) is 8.05. The smallest absolute Gasteiger partial charge is 0.162 e. The maximum absolute atomic E-state index is 14.3. The van der Waals surface area contributed by atoms with Crippen molar-refractivity contribution in [3.05, 3.63) is 89.2 Å². The van der Waals surface area contributed by atoms with Crippen molar-refractivity contribution >= 4 is 5.69 Å². The summed E-state index contributed by atoms with van der Waals surface area (Å²) in [6.45, 7) is 2.27. The second kappa shape index (κ2) is 10.1. The molecule has 0 atom stereocenters. The van der Waals surface area contributed by atoms with Gasteiger partial charge in [-0.15, -0.1) is 0 Å². The molecule has 3 aromatic carbocycles. The molecule has 0 aromatic heterocycles. The molecule has 0 saturated carbocycles. The summed E-state index contributed by atoms with van der Waals surface area (Å²) in [7, 11) is 0. The van der Waals surface area contributed by atoms with Crippen LogP contribution in [-0.4, -0.2) is 24.6 Å². The molecule has 0 aliphatic carbocycles. The minimum Gasteiger partial charge on any atom is -0.457 e. The highest BCUT2D eigenvalue weighted by atomic mass is 19.2. The molecule has 0 amide bonds. The number of hydrazine groups is 1. The fraction of sp³-hybridized carbons (Fsp3) is 0.280. The van der Waals surface area contributed by atoms with E-state index in [1.54, 1.807) is 12.1 Å². The van der Waals surface area contributed by atoms with E-state index < -0.39 is 11.6 Å². The van der Waals surface area contributed by atoms with Crippen LogP contribution in [0.15, 0.2) is 60.7 Å². The van der Waals surface area contributed by atoms with Crippen LogP contribution in [0.1, 0.15) is 29.9 Å². The minimum atomic E-state index is -0.952. The van der Waals surface area contributed by atoms with Gasteiger partial charge in [0.05, 0.1) is 5.69 Å². The first-order valence-corrected chi connectivity index (χ1v) is 10.7. The summed E-state index contributed by atoms with van der Waals surface area (Å²) in [6, 6.07) is 16.0. The van der Waals surface area contributed by atoms with Crippen LogP contribution in [0, 0.1) is 17.5 Å². The Morgan fingerprint density at radius 1 is 0.844 bits per heavy atom. The summed E-state index contributed by atoms with van der Waals surface area (Å²) in [5, 5.41) is 5.02. The summed E-state index contributed by atoms with van der Waals surface area (Å²) in [6.07, 6.45) is 2.64. The molecule has 0 radical (unpaired) electrons. The molecule has 1 aliphatic heterocycles. The number of halogens is 3. The number of ether oxygens (including phenoxy) is 1. The highest BCUT2D eigenvalue weighted by Crippen LogP contribution is 2.30. The number of nitrogens with two attached hydrogens (primary N) is 1. The van der Waals surface area contributed by atoms with Crippen molar-refractivity contribution < 1.29 is 17.9 Å². The molecule has 0 bridgehead atoms. The van der Waals surface area contributed by atoms with Crippen molar-refractivity contribution in [2.45, 2.75) is 25.2 Å². The van der Waals surface area contributed by atoms with Crippen molar-refractivity contribution in [2.75, 3.05) is 25.0 Å². The first kappa shape index (κ1) is 22.2. The Kier molecular flexibility index (Phi) is 6.97. The SMILES string of the molecule is NN1CCC(c2ccc(F)c(NCCc3ccc(Oc4ccc(F)c(F)c4)cc3)c2)CC1. The molecule has 4 nitrogen and oxygen atoms in total. The Bertz CT molecular complexity index is 1050. The average molecular weight is 441 g/mol. The fourth-order valence-corrected chi connectivity index (χ4v) is 3.91. The largest absolute Gasteiger partial charge is 0.457 e.